The van der Waals surface area contributed by atoms with Crippen molar-refractivity contribution in [3.05, 3.63) is 52.8 Å². The largest absolute Gasteiger partial charge is 0.347 e. The minimum absolute atomic E-state index is 0.00143. The number of benzene rings is 1. The second-order valence-corrected chi connectivity index (χ2v) is 9.58. The van der Waals surface area contributed by atoms with E-state index < -0.39 is 0 Å². The van der Waals surface area contributed by atoms with E-state index in [0.29, 0.717) is 6.54 Å². The number of amides is 1. The topological polar surface area (TPSA) is 37.3 Å². The summed E-state index contributed by atoms with van der Waals surface area (Å²) in [4.78, 5) is 14.0. The van der Waals surface area contributed by atoms with Crippen LogP contribution in [0, 0.1) is 12.8 Å². The molecular formula is C23H31N3OS. The second-order valence-electron chi connectivity index (χ2n) is 8.44. The lowest BCUT2D eigenvalue weighted by Gasteiger charge is -2.28. The molecule has 28 heavy (non-hydrogen) atoms. The highest BCUT2D eigenvalue weighted by molar-refractivity contribution is 7.97. The summed E-state index contributed by atoms with van der Waals surface area (Å²) >= 11 is 1.80. The highest BCUT2D eigenvalue weighted by Crippen LogP contribution is 2.40. The molecule has 0 spiro atoms. The summed E-state index contributed by atoms with van der Waals surface area (Å²) in [5, 5.41) is 3.11. The van der Waals surface area contributed by atoms with Gasteiger partial charge in [-0.2, -0.15) is 0 Å². The average Bonchev–Trinajstić information content (AvgIpc) is 3.51. The van der Waals surface area contributed by atoms with E-state index in [0.717, 1.165) is 36.3 Å². The molecule has 0 bridgehead atoms. The SMILES string of the molecule is Cc1c(SN2CCC(C)CC2)cc(C(=O)NCc2cccc(C3CC3)c2)n1C. The monoisotopic (exact) mass is 397 g/mol. The zero-order chi connectivity index (χ0) is 19.7. The van der Waals surface area contributed by atoms with E-state index in [1.54, 1.807) is 11.9 Å². The number of aromatic nitrogens is 1. The molecule has 5 heteroatoms. The van der Waals surface area contributed by atoms with Gasteiger partial charge in [0, 0.05) is 37.3 Å². The molecule has 1 N–H and O–H groups in total. The maximum atomic E-state index is 12.8. The fourth-order valence-corrected chi connectivity index (χ4v) is 4.95. The van der Waals surface area contributed by atoms with Gasteiger partial charge in [0.25, 0.3) is 5.91 Å². The Balaban J connectivity index is 1.39. The lowest BCUT2D eigenvalue weighted by molar-refractivity contribution is 0.0942. The van der Waals surface area contributed by atoms with Gasteiger partial charge in [-0.25, -0.2) is 4.31 Å². The quantitative estimate of drug-likeness (QED) is 0.706. The zero-order valence-corrected chi connectivity index (χ0v) is 18.0. The molecule has 4 nitrogen and oxygen atoms in total. The van der Waals surface area contributed by atoms with Crippen molar-refractivity contribution >= 4 is 17.9 Å². The summed E-state index contributed by atoms with van der Waals surface area (Å²) in [6.07, 6.45) is 5.11. The average molecular weight is 398 g/mol. The number of carbonyl (C=O) groups is 1. The molecule has 1 saturated carbocycles. The molecule has 1 aromatic heterocycles. The predicted octanol–water partition coefficient (Wildman–Crippen LogP) is 4.88. The molecule has 1 aliphatic heterocycles. The minimum atomic E-state index is 0.00143. The first kappa shape index (κ1) is 19.6. The fourth-order valence-electron chi connectivity index (χ4n) is 3.84. The molecule has 0 unspecified atom stereocenters. The van der Waals surface area contributed by atoms with Crippen LogP contribution in [-0.2, 0) is 13.6 Å². The fraction of sp³-hybridized carbons (Fsp3) is 0.522. The lowest BCUT2D eigenvalue weighted by atomic mass is 10.0. The Bertz CT molecular complexity index is 848. The summed E-state index contributed by atoms with van der Waals surface area (Å²) in [5.74, 6) is 1.57. The van der Waals surface area contributed by atoms with Crippen LogP contribution in [-0.4, -0.2) is 27.9 Å². The van der Waals surface area contributed by atoms with Crippen LogP contribution in [0.4, 0.5) is 0 Å². The van der Waals surface area contributed by atoms with Crippen LogP contribution in [0.5, 0.6) is 0 Å². The molecule has 150 valence electrons. The lowest BCUT2D eigenvalue weighted by Crippen LogP contribution is -2.27. The van der Waals surface area contributed by atoms with E-state index in [2.05, 4.69) is 47.7 Å². The third-order valence-electron chi connectivity index (χ3n) is 6.14. The number of nitrogens with zero attached hydrogens (tertiary/aromatic N) is 2. The number of hydrogen-bond donors (Lipinski definition) is 1. The van der Waals surface area contributed by atoms with Crippen molar-refractivity contribution in [3.8, 4) is 0 Å². The molecule has 1 saturated heterocycles. The normalized spacial score (nSPS) is 18.4. The van der Waals surface area contributed by atoms with E-state index in [-0.39, 0.29) is 5.91 Å². The molecule has 1 amide bonds. The van der Waals surface area contributed by atoms with Gasteiger partial charge in [-0.1, -0.05) is 31.2 Å². The van der Waals surface area contributed by atoms with Gasteiger partial charge < -0.3 is 9.88 Å². The third-order valence-corrected chi connectivity index (χ3v) is 7.38. The molecule has 4 rings (SSSR count). The van der Waals surface area contributed by atoms with Crippen LogP contribution >= 0.6 is 11.9 Å². The van der Waals surface area contributed by atoms with Crippen molar-refractivity contribution in [3.63, 3.8) is 0 Å². The Morgan fingerprint density at radius 1 is 1.18 bits per heavy atom. The van der Waals surface area contributed by atoms with Gasteiger partial charge in [-0.15, -0.1) is 0 Å². The van der Waals surface area contributed by atoms with E-state index in [1.165, 1.54) is 41.7 Å². The van der Waals surface area contributed by atoms with Gasteiger partial charge in [0.05, 0.1) is 0 Å². The van der Waals surface area contributed by atoms with Crippen molar-refractivity contribution in [1.82, 2.24) is 14.2 Å². The Labute approximate surface area is 172 Å². The Morgan fingerprint density at radius 3 is 2.64 bits per heavy atom. The van der Waals surface area contributed by atoms with Crippen LogP contribution in [0.1, 0.15) is 65.8 Å². The molecular weight excluding hydrogens is 366 g/mol. The molecule has 1 aliphatic carbocycles. The van der Waals surface area contributed by atoms with Crippen LogP contribution < -0.4 is 5.32 Å². The molecule has 2 heterocycles. The molecule has 2 aromatic rings. The third kappa shape index (κ3) is 4.47. The van der Waals surface area contributed by atoms with Crippen molar-refractivity contribution in [1.29, 1.82) is 0 Å². The number of piperidine rings is 1. The van der Waals surface area contributed by atoms with E-state index in [1.807, 2.05) is 17.7 Å². The van der Waals surface area contributed by atoms with Crippen molar-refractivity contribution < 1.29 is 4.79 Å². The first-order valence-electron chi connectivity index (χ1n) is 10.5. The number of rotatable bonds is 6. The van der Waals surface area contributed by atoms with E-state index in [4.69, 9.17) is 0 Å². The van der Waals surface area contributed by atoms with Gasteiger partial charge in [0.15, 0.2) is 0 Å². The van der Waals surface area contributed by atoms with Crippen LogP contribution in [0.3, 0.4) is 0 Å². The number of hydrogen-bond acceptors (Lipinski definition) is 3. The molecule has 2 aliphatic rings. The first-order valence-corrected chi connectivity index (χ1v) is 11.2. The smallest absolute Gasteiger partial charge is 0.268 e. The Kier molecular flexibility index (Phi) is 5.83. The molecule has 2 fully saturated rings. The predicted molar refractivity (Wildman–Crippen MR) is 116 cm³/mol. The summed E-state index contributed by atoms with van der Waals surface area (Å²) in [6.45, 7) is 7.26. The molecule has 1 aromatic carbocycles. The standard InChI is InChI=1S/C23H31N3OS/c1-16-9-11-26(12-10-16)28-22-14-21(25(3)17(22)2)23(27)24-15-18-5-4-6-20(13-18)19-7-8-19/h4-6,13-14,16,19H,7-12,15H2,1-3H3,(H,24,27). The van der Waals surface area contributed by atoms with Crippen molar-refractivity contribution in [2.45, 2.75) is 56.9 Å². The zero-order valence-electron chi connectivity index (χ0n) is 17.2. The summed E-state index contributed by atoms with van der Waals surface area (Å²) in [6, 6.07) is 10.7. The van der Waals surface area contributed by atoms with Gasteiger partial charge in [0.1, 0.15) is 5.69 Å². The summed E-state index contributed by atoms with van der Waals surface area (Å²) in [5.41, 5.74) is 4.49. The van der Waals surface area contributed by atoms with Crippen LogP contribution in [0.2, 0.25) is 0 Å². The Hall–Kier alpha value is -1.72. The van der Waals surface area contributed by atoms with Gasteiger partial charge >= 0.3 is 0 Å². The highest BCUT2D eigenvalue weighted by atomic mass is 32.2. The first-order chi connectivity index (χ1) is 13.5. The molecule has 0 radical (unpaired) electrons. The van der Waals surface area contributed by atoms with E-state index >= 15 is 0 Å². The minimum Gasteiger partial charge on any atom is -0.347 e. The summed E-state index contributed by atoms with van der Waals surface area (Å²) in [7, 11) is 1.99. The number of carbonyl (C=O) groups excluding carboxylic acids is 1. The number of nitrogens with one attached hydrogen (secondary N) is 1. The van der Waals surface area contributed by atoms with Gasteiger partial charge in [-0.3, -0.25) is 4.79 Å². The maximum absolute atomic E-state index is 12.8. The second kappa shape index (κ2) is 8.34. The maximum Gasteiger partial charge on any atom is 0.268 e. The van der Waals surface area contributed by atoms with Crippen LogP contribution in [0.25, 0.3) is 0 Å². The van der Waals surface area contributed by atoms with E-state index in [9.17, 15) is 4.79 Å². The highest BCUT2D eigenvalue weighted by Gasteiger charge is 2.24. The van der Waals surface area contributed by atoms with Gasteiger partial charge in [-0.05, 0) is 73.6 Å². The van der Waals surface area contributed by atoms with Crippen molar-refractivity contribution in [2.24, 2.45) is 13.0 Å². The molecule has 0 atom stereocenters. The Morgan fingerprint density at radius 2 is 1.93 bits per heavy atom. The van der Waals surface area contributed by atoms with Crippen molar-refractivity contribution in [2.75, 3.05) is 13.1 Å². The van der Waals surface area contributed by atoms with Crippen LogP contribution in [0.15, 0.2) is 35.2 Å². The summed E-state index contributed by atoms with van der Waals surface area (Å²) < 4.78 is 4.46. The van der Waals surface area contributed by atoms with Gasteiger partial charge in [0.2, 0.25) is 0 Å².